The summed E-state index contributed by atoms with van der Waals surface area (Å²) in [6.07, 6.45) is 0.157. The van der Waals surface area contributed by atoms with E-state index in [9.17, 15) is 14.4 Å². The highest BCUT2D eigenvalue weighted by atomic mass is 32.1. The number of ether oxygens (including phenoxy) is 3. The van der Waals surface area contributed by atoms with Crippen LogP contribution in [0.4, 0.5) is 5.00 Å². The summed E-state index contributed by atoms with van der Waals surface area (Å²) in [6.45, 7) is 1.64. The molecule has 1 aromatic carbocycles. The van der Waals surface area contributed by atoms with Crippen molar-refractivity contribution in [2.75, 3.05) is 20.0 Å². The fourth-order valence-corrected chi connectivity index (χ4v) is 3.55. The van der Waals surface area contributed by atoms with Crippen LogP contribution in [0, 0.1) is 0 Å². The molecule has 144 valence electrons. The van der Waals surface area contributed by atoms with E-state index in [1.807, 2.05) is 37.3 Å². The smallest absolute Gasteiger partial charge is 0.348 e. The molecule has 2 N–H and O–H groups in total. The second kappa shape index (κ2) is 9.18. The van der Waals surface area contributed by atoms with Gasteiger partial charge in [-0.15, -0.1) is 11.3 Å². The van der Waals surface area contributed by atoms with Crippen molar-refractivity contribution in [3.8, 4) is 0 Å². The van der Waals surface area contributed by atoms with Gasteiger partial charge in [0.05, 0.1) is 20.6 Å². The summed E-state index contributed by atoms with van der Waals surface area (Å²) >= 11 is 0.891. The first kappa shape index (κ1) is 20.4. The van der Waals surface area contributed by atoms with Gasteiger partial charge in [-0.3, -0.25) is 4.79 Å². The predicted molar refractivity (Wildman–Crippen MR) is 101 cm³/mol. The van der Waals surface area contributed by atoms with Gasteiger partial charge in [0.2, 0.25) is 0 Å². The lowest BCUT2D eigenvalue weighted by Crippen LogP contribution is -2.13. The zero-order valence-corrected chi connectivity index (χ0v) is 16.1. The van der Waals surface area contributed by atoms with Crippen LogP contribution in [-0.4, -0.2) is 32.1 Å². The monoisotopic (exact) mass is 391 g/mol. The number of carbonyl (C=O) groups excluding carboxylic acids is 3. The summed E-state index contributed by atoms with van der Waals surface area (Å²) in [7, 11) is 2.42. The first-order valence-electron chi connectivity index (χ1n) is 8.17. The Bertz CT molecular complexity index is 830. The maximum Gasteiger partial charge on any atom is 0.348 e. The van der Waals surface area contributed by atoms with E-state index in [0.717, 1.165) is 16.9 Å². The SMILES string of the molecule is COC(=O)c1sc(N)c(C(=O)OC)c1COC(=O)C[C@H](C)c1ccccc1. The minimum atomic E-state index is -0.706. The first-order valence-corrected chi connectivity index (χ1v) is 8.99. The predicted octanol–water partition coefficient (Wildman–Crippen LogP) is 3.14. The quantitative estimate of drug-likeness (QED) is 0.571. The van der Waals surface area contributed by atoms with Crippen molar-refractivity contribution in [1.82, 2.24) is 0 Å². The molecule has 0 aliphatic rings. The number of rotatable bonds is 7. The van der Waals surface area contributed by atoms with Crippen molar-refractivity contribution in [3.05, 3.63) is 51.9 Å². The molecule has 1 atom stereocenters. The van der Waals surface area contributed by atoms with Crippen LogP contribution in [-0.2, 0) is 25.6 Å². The maximum atomic E-state index is 12.2. The average Bonchev–Trinajstić information content (AvgIpc) is 3.01. The van der Waals surface area contributed by atoms with E-state index < -0.39 is 17.9 Å². The molecule has 0 spiro atoms. The Balaban J connectivity index is 2.15. The molecule has 0 radical (unpaired) electrons. The molecule has 2 rings (SSSR count). The number of anilines is 1. The number of thiophene rings is 1. The normalized spacial score (nSPS) is 11.5. The van der Waals surface area contributed by atoms with Gasteiger partial charge < -0.3 is 19.9 Å². The topological polar surface area (TPSA) is 105 Å². The number of hydrogen-bond donors (Lipinski definition) is 1. The summed E-state index contributed by atoms with van der Waals surface area (Å²) in [6, 6.07) is 9.57. The molecule has 7 nitrogen and oxygen atoms in total. The number of benzene rings is 1. The molecule has 1 aromatic heterocycles. The molecule has 2 aromatic rings. The fourth-order valence-electron chi connectivity index (χ4n) is 2.57. The summed E-state index contributed by atoms with van der Waals surface area (Å²) in [4.78, 5) is 36.3. The number of esters is 3. The molecular weight excluding hydrogens is 370 g/mol. The van der Waals surface area contributed by atoms with Crippen LogP contribution in [0.25, 0.3) is 0 Å². The molecule has 0 saturated heterocycles. The van der Waals surface area contributed by atoms with E-state index in [1.54, 1.807) is 0 Å². The van der Waals surface area contributed by atoms with Gasteiger partial charge in [0.25, 0.3) is 0 Å². The molecule has 0 unspecified atom stereocenters. The van der Waals surface area contributed by atoms with Gasteiger partial charge in [0.15, 0.2) is 0 Å². The first-order chi connectivity index (χ1) is 12.9. The molecule has 0 saturated carbocycles. The zero-order chi connectivity index (χ0) is 20.0. The standard InChI is InChI=1S/C19H21NO6S/c1-11(12-7-5-4-6-8-12)9-14(21)26-10-13-15(18(22)24-2)17(20)27-16(13)19(23)25-3/h4-8,11H,9-10,20H2,1-3H3/t11-/m0/s1. The lowest BCUT2D eigenvalue weighted by Gasteiger charge is -2.12. The van der Waals surface area contributed by atoms with Crippen molar-refractivity contribution in [2.45, 2.75) is 25.9 Å². The maximum absolute atomic E-state index is 12.2. The van der Waals surface area contributed by atoms with Gasteiger partial charge in [0.1, 0.15) is 22.0 Å². The number of hydrogen-bond acceptors (Lipinski definition) is 8. The molecule has 0 fully saturated rings. The highest BCUT2D eigenvalue weighted by Gasteiger charge is 2.28. The molecule has 27 heavy (non-hydrogen) atoms. The minimum absolute atomic E-state index is 0.0202. The van der Waals surface area contributed by atoms with Gasteiger partial charge in [-0.05, 0) is 11.5 Å². The van der Waals surface area contributed by atoms with Gasteiger partial charge >= 0.3 is 17.9 Å². The Kier molecular flexibility index (Phi) is 6.95. The molecule has 8 heteroatoms. The Morgan fingerprint density at radius 3 is 2.30 bits per heavy atom. The van der Waals surface area contributed by atoms with Crippen LogP contribution in [0.2, 0.25) is 0 Å². The molecule has 0 amide bonds. The number of carbonyl (C=O) groups is 3. The Morgan fingerprint density at radius 2 is 1.70 bits per heavy atom. The number of nitrogens with two attached hydrogens (primary N) is 1. The summed E-state index contributed by atoms with van der Waals surface area (Å²) in [5.74, 6) is -1.86. The van der Waals surface area contributed by atoms with Gasteiger partial charge in [0, 0.05) is 5.56 Å². The molecule has 0 aliphatic heterocycles. The zero-order valence-electron chi connectivity index (χ0n) is 15.3. The fraction of sp³-hybridized carbons (Fsp3) is 0.316. The Labute approximate surface area is 161 Å². The highest BCUT2D eigenvalue weighted by Crippen LogP contribution is 2.33. The molecule has 1 heterocycles. The van der Waals surface area contributed by atoms with Crippen LogP contribution in [0.5, 0.6) is 0 Å². The highest BCUT2D eigenvalue weighted by molar-refractivity contribution is 7.18. The Morgan fingerprint density at radius 1 is 1.07 bits per heavy atom. The Hall–Kier alpha value is -2.87. The van der Waals surface area contributed by atoms with Crippen molar-refractivity contribution < 1.29 is 28.6 Å². The average molecular weight is 391 g/mol. The molecule has 0 bridgehead atoms. The lowest BCUT2D eigenvalue weighted by atomic mass is 9.98. The van der Waals surface area contributed by atoms with Crippen molar-refractivity contribution >= 4 is 34.2 Å². The van der Waals surface area contributed by atoms with Crippen molar-refractivity contribution in [1.29, 1.82) is 0 Å². The van der Waals surface area contributed by atoms with Crippen LogP contribution < -0.4 is 5.73 Å². The van der Waals surface area contributed by atoms with Gasteiger partial charge in [-0.1, -0.05) is 37.3 Å². The summed E-state index contributed by atoms with van der Waals surface area (Å²) in [5, 5.41) is 0.103. The third-order valence-electron chi connectivity index (χ3n) is 4.01. The van der Waals surface area contributed by atoms with E-state index in [-0.39, 0.29) is 40.0 Å². The van der Waals surface area contributed by atoms with Crippen LogP contribution in [0.15, 0.2) is 30.3 Å². The van der Waals surface area contributed by atoms with E-state index in [1.165, 1.54) is 14.2 Å². The van der Waals surface area contributed by atoms with E-state index >= 15 is 0 Å². The molecule has 0 aliphatic carbocycles. The second-order valence-corrected chi connectivity index (χ2v) is 6.86. The second-order valence-electron chi connectivity index (χ2n) is 5.81. The largest absolute Gasteiger partial charge is 0.465 e. The third kappa shape index (κ3) is 4.85. The minimum Gasteiger partial charge on any atom is -0.465 e. The summed E-state index contributed by atoms with van der Waals surface area (Å²) in [5.41, 5.74) is 7.07. The van der Waals surface area contributed by atoms with E-state index in [4.69, 9.17) is 19.9 Å². The number of nitrogen functional groups attached to an aromatic ring is 1. The third-order valence-corrected chi connectivity index (χ3v) is 5.05. The number of methoxy groups -OCH3 is 2. The van der Waals surface area contributed by atoms with E-state index in [2.05, 4.69) is 0 Å². The van der Waals surface area contributed by atoms with Gasteiger partial charge in [-0.2, -0.15) is 0 Å². The lowest BCUT2D eigenvalue weighted by molar-refractivity contribution is -0.145. The van der Waals surface area contributed by atoms with Crippen molar-refractivity contribution in [2.24, 2.45) is 0 Å². The summed E-state index contributed by atoms with van der Waals surface area (Å²) < 4.78 is 14.7. The van der Waals surface area contributed by atoms with Crippen molar-refractivity contribution in [3.63, 3.8) is 0 Å². The van der Waals surface area contributed by atoms with Crippen LogP contribution in [0.1, 0.15) is 50.4 Å². The molecular formula is C19H21NO6S. The van der Waals surface area contributed by atoms with E-state index in [0.29, 0.717) is 0 Å². The van der Waals surface area contributed by atoms with Crippen LogP contribution >= 0.6 is 11.3 Å². The van der Waals surface area contributed by atoms with Gasteiger partial charge in [-0.25, -0.2) is 9.59 Å². The van der Waals surface area contributed by atoms with Crippen LogP contribution in [0.3, 0.4) is 0 Å².